The molecule has 2 aliphatic rings. The predicted molar refractivity (Wildman–Crippen MR) is 101 cm³/mol. The van der Waals surface area contributed by atoms with Crippen molar-refractivity contribution in [3.05, 3.63) is 30.1 Å². The number of nitrogens with one attached hydrogen (secondary N) is 1. The summed E-state index contributed by atoms with van der Waals surface area (Å²) in [7, 11) is 0. The number of carbonyl (C=O) groups is 1. The third kappa shape index (κ3) is 4.87. The first-order valence-electron chi connectivity index (χ1n) is 9.39. The van der Waals surface area contributed by atoms with Gasteiger partial charge in [-0.3, -0.25) is 9.36 Å². The van der Waals surface area contributed by atoms with Crippen molar-refractivity contribution >= 4 is 17.7 Å². The summed E-state index contributed by atoms with van der Waals surface area (Å²) in [5.41, 5.74) is 0.798. The highest BCUT2D eigenvalue weighted by Crippen LogP contribution is 2.28. The minimum absolute atomic E-state index is 0.0156. The predicted octanol–water partition coefficient (Wildman–Crippen LogP) is 2.88. The highest BCUT2D eigenvalue weighted by molar-refractivity contribution is 7.99. The highest BCUT2D eigenvalue weighted by atomic mass is 32.2. The minimum Gasteiger partial charge on any atom is -0.376 e. The zero-order chi connectivity index (χ0) is 18.6. The molecule has 1 aromatic carbocycles. The molecule has 1 atom stereocenters. The van der Waals surface area contributed by atoms with Crippen LogP contribution in [0.5, 0.6) is 0 Å². The van der Waals surface area contributed by atoms with Crippen LogP contribution in [0.25, 0.3) is 11.4 Å². The molecule has 2 aromatic rings. The second-order valence-corrected chi connectivity index (χ2v) is 8.04. The number of thioether (sulfide) groups is 1. The zero-order valence-electron chi connectivity index (χ0n) is 15.1. The van der Waals surface area contributed by atoms with E-state index in [9.17, 15) is 9.18 Å². The van der Waals surface area contributed by atoms with Gasteiger partial charge in [0.15, 0.2) is 11.0 Å². The number of hydrogen-bond donors (Lipinski definition) is 1. The molecule has 1 aliphatic heterocycles. The fourth-order valence-electron chi connectivity index (χ4n) is 3.13. The van der Waals surface area contributed by atoms with Crippen molar-refractivity contribution in [3.8, 4) is 11.4 Å². The molecule has 1 aliphatic carbocycles. The first-order chi connectivity index (χ1) is 13.2. The molecule has 1 aromatic heterocycles. The second-order valence-electron chi connectivity index (χ2n) is 7.09. The van der Waals surface area contributed by atoms with Gasteiger partial charge in [-0.2, -0.15) is 0 Å². The standard InChI is InChI=1S/C19H23FN4O2S/c20-15-7-5-14(6-8-15)18-22-23-19(24(18)11-16-2-1-9-26-16)27-12-17(25)21-10-13-3-4-13/h5-8,13,16H,1-4,9-12H2,(H,21,25). The summed E-state index contributed by atoms with van der Waals surface area (Å²) in [5.74, 6) is 1.37. The molecule has 1 unspecified atom stereocenters. The van der Waals surface area contributed by atoms with E-state index >= 15 is 0 Å². The van der Waals surface area contributed by atoms with E-state index in [-0.39, 0.29) is 17.8 Å². The lowest BCUT2D eigenvalue weighted by Gasteiger charge is -2.14. The van der Waals surface area contributed by atoms with E-state index in [1.807, 2.05) is 4.57 Å². The molecule has 8 heteroatoms. The van der Waals surface area contributed by atoms with Crippen LogP contribution < -0.4 is 5.32 Å². The lowest BCUT2D eigenvalue weighted by Crippen LogP contribution is -2.27. The van der Waals surface area contributed by atoms with Crippen molar-refractivity contribution in [2.75, 3.05) is 18.9 Å². The number of carbonyl (C=O) groups excluding carboxylic acids is 1. The molecule has 1 N–H and O–H groups in total. The van der Waals surface area contributed by atoms with Crippen LogP contribution in [0.3, 0.4) is 0 Å². The lowest BCUT2D eigenvalue weighted by molar-refractivity contribution is -0.118. The Morgan fingerprint density at radius 1 is 1.26 bits per heavy atom. The Labute approximate surface area is 161 Å². The second kappa shape index (κ2) is 8.39. The molecule has 1 amide bonds. The molecular formula is C19H23FN4O2S. The van der Waals surface area contributed by atoms with E-state index in [2.05, 4.69) is 15.5 Å². The SMILES string of the molecule is O=C(CSc1nnc(-c2ccc(F)cc2)n1CC1CCCO1)NCC1CC1. The van der Waals surface area contributed by atoms with Crippen molar-refractivity contribution in [1.82, 2.24) is 20.1 Å². The molecule has 4 rings (SSSR count). The molecular weight excluding hydrogens is 367 g/mol. The fraction of sp³-hybridized carbons (Fsp3) is 0.526. The van der Waals surface area contributed by atoms with Gasteiger partial charge in [0.25, 0.3) is 0 Å². The molecule has 27 heavy (non-hydrogen) atoms. The van der Waals surface area contributed by atoms with E-state index in [0.29, 0.717) is 29.2 Å². The Morgan fingerprint density at radius 2 is 2.07 bits per heavy atom. The third-order valence-corrected chi connectivity index (χ3v) is 5.81. The van der Waals surface area contributed by atoms with E-state index in [1.54, 1.807) is 12.1 Å². The first-order valence-corrected chi connectivity index (χ1v) is 10.4. The molecule has 6 nitrogen and oxygen atoms in total. The quantitative estimate of drug-likeness (QED) is 0.702. The molecule has 1 saturated heterocycles. The van der Waals surface area contributed by atoms with Gasteiger partial charge in [0.2, 0.25) is 5.91 Å². The molecule has 0 radical (unpaired) electrons. The normalized spacial score (nSPS) is 19.4. The summed E-state index contributed by atoms with van der Waals surface area (Å²) < 4.78 is 21.0. The number of nitrogens with zero attached hydrogens (tertiary/aromatic N) is 3. The zero-order valence-corrected chi connectivity index (χ0v) is 15.9. The van der Waals surface area contributed by atoms with Crippen molar-refractivity contribution in [2.24, 2.45) is 5.92 Å². The van der Waals surface area contributed by atoms with E-state index in [1.165, 1.54) is 36.7 Å². The molecule has 0 bridgehead atoms. The number of aromatic nitrogens is 3. The van der Waals surface area contributed by atoms with E-state index < -0.39 is 0 Å². The van der Waals surface area contributed by atoms with Gasteiger partial charge in [0.1, 0.15) is 5.82 Å². The number of halogens is 1. The summed E-state index contributed by atoms with van der Waals surface area (Å²) in [5, 5.41) is 12.2. The van der Waals surface area contributed by atoms with Crippen molar-refractivity contribution in [3.63, 3.8) is 0 Å². The van der Waals surface area contributed by atoms with Crippen molar-refractivity contribution < 1.29 is 13.9 Å². The van der Waals surface area contributed by atoms with Crippen LogP contribution in [0.2, 0.25) is 0 Å². The van der Waals surface area contributed by atoms with Gasteiger partial charge < -0.3 is 10.1 Å². The van der Waals surface area contributed by atoms with Crippen LogP contribution in [0.15, 0.2) is 29.4 Å². The van der Waals surface area contributed by atoms with Crippen LogP contribution in [-0.4, -0.2) is 45.7 Å². The number of rotatable bonds is 8. The van der Waals surface area contributed by atoms with Crippen LogP contribution in [0, 0.1) is 11.7 Å². The lowest BCUT2D eigenvalue weighted by atomic mass is 10.2. The third-order valence-electron chi connectivity index (χ3n) is 4.85. The van der Waals surface area contributed by atoms with Gasteiger partial charge in [0.05, 0.1) is 18.4 Å². The maximum Gasteiger partial charge on any atom is 0.230 e. The first kappa shape index (κ1) is 18.4. The summed E-state index contributed by atoms with van der Waals surface area (Å²) in [4.78, 5) is 12.1. The van der Waals surface area contributed by atoms with Crippen LogP contribution >= 0.6 is 11.8 Å². The average molecular weight is 390 g/mol. The smallest absolute Gasteiger partial charge is 0.230 e. The van der Waals surface area contributed by atoms with E-state index in [4.69, 9.17) is 4.74 Å². The number of amides is 1. The average Bonchev–Trinajstić information content (AvgIpc) is 3.20. The Morgan fingerprint density at radius 3 is 2.78 bits per heavy atom. The Bertz CT molecular complexity index is 786. The summed E-state index contributed by atoms with van der Waals surface area (Å²) in [6, 6.07) is 6.22. The largest absolute Gasteiger partial charge is 0.376 e. The highest BCUT2D eigenvalue weighted by Gasteiger charge is 2.23. The number of ether oxygens (including phenoxy) is 1. The Balaban J connectivity index is 1.48. The molecule has 2 fully saturated rings. The Hall–Kier alpha value is -1.93. The summed E-state index contributed by atoms with van der Waals surface area (Å²) in [6.45, 7) is 2.17. The van der Waals surface area contributed by atoms with Crippen LogP contribution in [0.1, 0.15) is 25.7 Å². The molecule has 1 saturated carbocycles. The van der Waals surface area contributed by atoms with Gasteiger partial charge >= 0.3 is 0 Å². The van der Waals surface area contributed by atoms with Gasteiger partial charge in [-0.05, 0) is 55.9 Å². The minimum atomic E-state index is -0.286. The maximum atomic E-state index is 13.3. The monoisotopic (exact) mass is 390 g/mol. The van der Waals surface area contributed by atoms with E-state index in [0.717, 1.165) is 31.6 Å². The van der Waals surface area contributed by atoms with Gasteiger partial charge in [-0.25, -0.2) is 4.39 Å². The molecule has 2 heterocycles. The van der Waals surface area contributed by atoms with Crippen LogP contribution in [-0.2, 0) is 16.1 Å². The van der Waals surface area contributed by atoms with Crippen molar-refractivity contribution in [1.29, 1.82) is 0 Å². The molecule has 144 valence electrons. The van der Waals surface area contributed by atoms with Crippen LogP contribution in [0.4, 0.5) is 4.39 Å². The Kier molecular flexibility index (Phi) is 5.73. The topological polar surface area (TPSA) is 69.0 Å². The number of hydrogen-bond acceptors (Lipinski definition) is 5. The van der Waals surface area contributed by atoms with Gasteiger partial charge in [-0.15, -0.1) is 10.2 Å². The summed E-state index contributed by atoms with van der Waals surface area (Å²) >= 11 is 1.38. The molecule has 0 spiro atoms. The van der Waals surface area contributed by atoms with Gasteiger partial charge in [-0.1, -0.05) is 11.8 Å². The number of benzene rings is 1. The van der Waals surface area contributed by atoms with Crippen molar-refractivity contribution in [2.45, 2.75) is 43.5 Å². The fourth-order valence-corrected chi connectivity index (χ4v) is 3.90. The maximum absolute atomic E-state index is 13.3. The van der Waals surface area contributed by atoms with Gasteiger partial charge in [0, 0.05) is 18.7 Å². The summed E-state index contributed by atoms with van der Waals surface area (Å²) in [6.07, 6.45) is 4.58.